The highest BCUT2D eigenvalue weighted by Crippen LogP contribution is 2.28. The summed E-state index contributed by atoms with van der Waals surface area (Å²) >= 11 is 3.12. The average molecular weight is 438 g/mol. The summed E-state index contributed by atoms with van der Waals surface area (Å²) in [6.45, 7) is -0.537. The predicted octanol–water partition coefficient (Wildman–Crippen LogP) is 3.80. The van der Waals surface area contributed by atoms with E-state index in [0.717, 1.165) is 0 Å². The normalized spacial score (nSPS) is 10.5. The minimum absolute atomic E-state index is 0.000110. The van der Waals surface area contributed by atoms with E-state index < -0.39 is 24.3 Å². The molecule has 0 aliphatic carbocycles. The lowest BCUT2D eigenvalue weighted by atomic mass is 10.2. The second-order valence-electron chi connectivity index (χ2n) is 5.23. The molecule has 0 unspecified atom stereocenters. The number of carbonyl (C=O) groups excluding carboxylic acids is 2. The standard InChI is InChI=1S/C19H17BrFNO5/c1-25-16-7-3-12(9-17(16)26-2)4-8-19(24)27-11-18(23)22-15-6-5-13(20)10-14(15)21/h3-10H,11H2,1-2H3,(H,22,23). The molecule has 2 aromatic carbocycles. The molecule has 2 aromatic rings. The Morgan fingerprint density at radius 2 is 1.85 bits per heavy atom. The van der Waals surface area contributed by atoms with Crippen molar-refractivity contribution >= 4 is 39.6 Å². The van der Waals surface area contributed by atoms with Gasteiger partial charge in [-0.25, -0.2) is 9.18 Å². The number of benzene rings is 2. The van der Waals surface area contributed by atoms with Crippen molar-refractivity contribution in [2.24, 2.45) is 0 Å². The molecule has 0 heterocycles. The number of methoxy groups -OCH3 is 2. The van der Waals surface area contributed by atoms with Crippen molar-refractivity contribution in [3.8, 4) is 11.5 Å². The number of ether oxygens (including phenoxy) is 3. The zero-order valence-electron chi connectivity index (χ0n) is 14.6. The molecule has 27 heavy (non-hydrogen) atoms. The molecule has 0 bridgehead atoms. The second kappa shape index (κ2) is 9.72. The molecule has 0 aliphatic rings. The third-order valence-corrected chi connectivity index (χ3v) is 3.86. The van der Waals surface area contributed by atoms with Crippen LogP contribution in [0.1, 0.15) is 5.56 Å². The number of nitrogens with one attached hydrogen (secondary N) is 1. The maximum atomic E-state index is 13.7. The monoisotopic (exact) mass is 437 g/mol. The fraction of sp³-hybridized carbons (Fsp3) is 0.158. The van der Waals surface area contributed by atoms with Crippen LogP contribution < -0.4 is 14.8 Å². The van der Waals surface area contributed by atoms with E-state index in [1.807, 2.05) is 0 Å². The maximum absolute atomic E-state index is 13.7. The molecule has 8 heteroatoms. The van der Waals surface area contributed by atoms with Gasteiger partial charge in [-0.05, 0) is 42.0 Å². The van der Waals surface area contributed by atoms with E-state index in [2.05, 4.69) is 21.2 Å². The number of anilines is 1. The number of hydrogen-bond donors (Lipinski definition) is 1. The first-order valence-electron chi connectivity index (χ1n) is 7.74. The molecule has 0 radical (unpaired) electrons. The minimum atomic E-state index is -0.712. The zero-order chi connectivity index (χ0) is 19.8. The first-order valence-corrected chi connectivity index (χ1v) is 8.54. The van der Waals surface area contributed by atoms with E-state index in [1.165, 1.54) is 38.5 Å². The highest BCUT2D eigenvalue weighted by Gasteiger charge is 2.09. The Morgan fingerprint density at radius 1 is 1.11 bits per heavy atom. The Labute approximate surface area is 164 Å². The van der Waals surface area contributed by atoms with Crippen LogP contribution in [0.5, 0.6) is 11.5 Å². The van der Waals surface area contributed by atoms with Gasteiger partial charge in [-0.3, -0.25) is 4.79 Å². The number of rotatable bonds is 7. The van der Waals surface area contributed by atoms with Crippen LogP contribution in [0.15, 0.2) is 46.9 Å². The molecule has 0 aliphatic heterocycles. The van der Waals surface area contributed by atoms with Gasteiger partial charge in [-0.1, -0.05) is 22.0 Å². The van der Waals surface area contributed by atoms with Crippen molar-refractivity contribution in [3.05, 3.63) is 58.3 Å². The van der Waals surface area contributed by atoms with Crippen LogP contribution in [0.25, 0.3) is 6.08 Å². The van der Waals surface area contributed by atoms with Gasteiger partial charge in [0.25, 0.3) is 5.91 Å². The molecule has 1 N–H and O–H groups in total. The first-order chi connectivity index (χ1) is 12.9. The van der Waals surface area contributed by atoms with E-state index in [1.54, 1.807) is 24.3 Å². The van der Waals surface area contributed by atoms with Gasteiger partial charge in [0.15, 0.2) is 18.1 Å². The Hall–Kier alpha value is -2.87. The van der Waals surface area contributed by atoms with Crippen molar-refractivity contribution in [2.75, 3.05) is 26.1 Å². The molecule has 0 aromatic heterocycles. The quantitative estimate of drug-likeness (QED) is 0.526. The lowest BCUT2D eigenvalue weighted by molar-refractivity contribution is -0.142. The lowest BCUT2D eigenvalue weighted by Gasteiger charge is -2.08. The highest BCUT2D eigenvalue weighted by molar-refractivity contribution is 9.10. The fourth-order valence-corrected chi connectivity index (χ4v) is 2.42. The largest absolute Gasteiger partial charge is 0.493 e. The third-order valence-electron chi connectivity index (χ3n) is 3.37. The average Bonchev–Trinajstić information content (AvgIpc) is 2.66. The number of esters is 1. The van der Waals surface area contributed by atoms with Gasteiger partial charge in [0, 0.05) is 10.5 Å². The highest BCUT2D eigenvalue weighted by atomic mass is 79.9. The molecule has 0 saturated heterocycles. The summed E-state index contributed by atoms with van der Waals surface area (Å²) in [5.74, 6) is -0.879. The summed E-state index contributed by atoms with van der Waals surface area (Å²) in [5, 5.41) is 2.33. The second-order valence-corrected chi connectivity index (χ2v) is 6.14. The Morgan fingerprint density at radius 3 is 2.52 bits per heavy atom. The predicted molar refractivity (Wildman–Crippen MR) is 102 cm³/mol. The molecule has 142 valence electrons. The van der Waals surface area contributed by atoms with Crippen molar-refractivity contribution in [3.63, 3.8) is 0 Å². The van der Waals surface area contributed by atoms with Crippen molar-refractivity contribution in [2.45, 2.75) is 0 Å². The van der Waals surface area contributed by atoms with Crippen LogP contribution >= 0.6 is 15.9 Å². The minimum Gasteiger partial charge on any atom is -0.493 e. The number of hydrogen-bond acceptors (Lipinski definition) is 5. The van der Waals surface area contributed by atoms with Gasteiger partial charge in [0.2, 0.25) is 0 Å². The van der Waals surface area contributed by atoms with E-state index in [4.69, 9.17) is 14.2 Å². The Kier molecular flexibility index (Phi) is 7.36. The summed E-state index contributed by atoms with van der Waals surface area (Å²) < 4.78 is 29.3. The van der Waals surface area contributed by atoms with Crippen LogP contribution in [-0.4, -0.2) is 32.7 Å². The first kappa shape index (κ1) is 20.4. The third kappa shape index (κ3) is 6.10. The van der Waals surface area contributed by atoms with Crippen molar-refractivity contribution in [1.29, 1.82) is 0 Å². The molecular formula is C19H17BrFNO5. The Bertz CT molecular complexity index is 869. The molecule has 0 atom stereocenters. The van der Waals surface area contributed by atoms with Crippen LogP contribution in [0, 0.1) is 5.82 Å². The molecule has 1 amide bonds. The summed E-state index contributed by atoms with van der Waals surface area (Å²) in [7, 11) is 3.03. The summed E-state index contributed by atoms with van der Waals surface area (Å²) in [4.78, 5) is 23.5. The number of amides is 1. The van der Waals surface area contributed by atoms with Crippen LogP contribution in [-0.2, 0) is 14.3 Å². The van der Waals surface area contributed by atoms with E-state index in [0.29, 0.717) is 21.5 Å². The van der Waals surface area contributed by atoms with Crippen LogP contribution in [0.2, 0.25) is 0 Å². The zero-order valence-corrected chi connectivity index (χ0v) is 16.2. The van der Waals surface area contributed by atoms with E-state index in [-0.39, 0.29) is 5.69 Å². The topological polar surface area (TPSA) is 73.9 Å². The van der Waals surface area contributed by atoms with Gasteiger partial charge in [-0.15, -0.1) is 0 Å². The Balaban J connectivity index is 1.88. The smallest absolute Gasteiger partial charge is 0.331 e. The van der Waals surface area contributed by atoms with E-state index in [9.17, 15) is 14.0 Å². The van der Waals surface area contributed by atoms with Crippen molar-refractivity contribution < 1.29 is 28.2 Å². The lowest BCUT2D eigenvalue weighted by Crippen LogP contribution is -2.20. The van der Waals surface area contributed by atoms with E-state index >= 15 is 0 Å². The van der Waals surface area contributed by atoms with Gasteiger partial charge in [-0.2, -0.15) is 0 Å². The van der Waals surface area contributed by atoms with Gasteiger partial charge in [0.1, 0.15) is 5.82 Å². The molecule has 0 spiro atoms. The van der Waals surface area contributed by atoms with Gasteiger partial charge < -0.3 is 19.5 Å². The molecule has 0 saturated carbocycles. The summed E-state index contributed by atoms with van der Waals surface area (Å²) in [6.07, 6.45) is 2.69. The summed E-state index contributed by atoms with van der Waals surface area (Å²) in [5.41, 5.74) is 0.686. The SMILES string of the molecule is COc1ccc(C=CC(=O)OCC(=O)Nc2ccc(Br)cc2F)cc1OC. The molecular weight excluding hydrogens is 421 g/mol. The van der Waals surface area contributed by atoms with Gasteiger partial charge in [0.05, 0.1) is 19.9 Å². The van der Waals surface area contributed by atoms with Crippen molar-refractivity contribution in [1.82, 2.24) is 0 Å². The molecule has 2 rings (SSSR count). The van der Waals surface area contributed by atoms with Gasteiger partial charge >= 0.3 is 5.97 Å². The molecule has 6 nitrogen and oxygen atoms in total. The number of halogens is 2. The fourth-order valence-electron chi connectivity index (χ4n) is 2.08. The van der Waals surface area contributed by atoms with Crippen LogP contribution in [0.3, 0.4) is 0 Å². The van der Waals surface area contributed by atoms with Crippen LogP contribution in [0.4, 0.5) is 10.1 Å². The molecule has 0 fully saturated rings. The maximum Gasteiger partial charge on any atom is 0.331 e. The summed E-state index contributed by atoms with van der Waals surface area (Å²) in [6, 6.07) is 9.31. The number of carbonyl (C=O) groups is 2.